The van der Waals surface area contributed by atoms with Crippen molar-refractivity contribution in [2.75, 3.05) is 18.0 Å². The molecule has 0 atom stereocenters. The molecule has 0 saturated carbocycles. The van der Waals surface area contributed by atoms with Gasteiger partial charge in [0.25, 0.3) is 0 Å². The maximum Gasteiger partial charge on any atom is 0.316 e. The number of carbonyl (C=O) groups is 2. The van der Waals surface area contributed by atoms with Crippen molar-refractivity contribution in [2.24, 2.45) is 0 Å². The van der Waals surface area contributed by atoms with E-state index in [0.29, 0.717) is 19.6 Å². The van der Waals surface area contributed by atoms with E-state index in [1.807, 2.05) is 60.7 Å². The highest BCUT2D eigenvalue weighted by atomic mass is 16.2. The third-order valence-electron chi connectivity index (χ3n) is 4.32. The average Bonchev–Trinajstić information content (AvgIpc) is 2.67. The second-order valence-electron chi connectivity index (χ2n) is 6.07. The van der Waals surface area contributed by atoms with Crippen LogP contribution in [0.2, 0.25) is 0 Å². The van der Waals surface area contributed by atoms with Crippen molar-refractivity contribution in [1.82, 2.24) is 4.90 Å². The number of carbonyl (C=O) groups excluding carboxylic acids is 2. The Balaban J connectivity index is 1.83. The molecule has 0 radical (unpaired) electrons. The van der Waals surface area contributed by atoms with Gasteiger partial charge in [0.2, 0.25) is 0 Å². The molecule has 0 bridgehead atoms. The molecule has 1 fully saturated rings. The quantitative estimate of drug-likeness (QED) is 0.814. The molecule has 2 aromatic carbocycles. The lowest BCUT2D eigenvalue weighted by atomic mass is 10.1. The summed E-state index contributed by atoms with van der Waals surface area (Å²) in [7, 11) is 0. The van der Waals surface area contributed by atoms with Gasteiger partial charge in [-0.05, 0) is 37.0 Å². The van der Waals surface area contributed by atoms with Gasteiger partial charge < -0.3 is 4.90 Å². The summed E-state index contributed by atoms with van der Waals surface area (Å²) in [6.45, 7) is 1.75. The molecule has 1 aliphatic rings. The molecule has 1 saturated heterocycles. The first kappa shape index (κ1) is 16.2. The van der Waals surface area contributed by atoms with E-state index < -0.39 is 11.8 Å². The number of nitrogens with zero attached hydrogens (tertiary/aromatic N) is 2. The Bertz CT molecular complexity index is 679. The lowest BCUT2D eigenvalue weighted by Gasteiger charge is -2.29. The molecule has 4 nitrogen and oxygen atoms in total. The molecule has 124 valence electrons. The maximum atomic E-state index is 12.9. The second kappa shape index (κ2) is 7.77. The predicted molar refractivity (Wildman–Crippen MR) is 94.5 cm³/mol. The van der Waals surface area contributed by atoms with Crippen molar-refractivity contribution in [1.29, 1.82) is 0 Å². The fraction of sp³-hybridized carbons (Fsp3) is 0.300. The summed E-state index contributed by atoms with van der Waals surface area (Å²) >= 11 is 0. The summed E-state index contributed by atoms with van der Waals surface area (Å²) in [5.74, 6) is -0.846. The number of hydrogen-bond acceptors (Lipinski definition) is 2. The number of anilines is 1. The fourth-order valence-electron chi connectivity index (χ4n) is 3.00. The van der Waals surface area contributed by atoms with Crippen LogP contribution in [0.5, 0.6) is 0 Å². The van der Waals surface area contributed by atoms with E-state index in [9.17, 15) is 9.59 Å². The van der Waals surface area contributed by atoms with E-state index in [0.717, 1.165) is 30.5 Å². The van der Waals surface area contributed by atoms with Crippen LogP contribution in [0, 0.1) is 0 Å². The third kappa shape index (κ3) is 3.82. The Kier molecular flexibility index (Phi) is 5.26. The number of benzene rings is 2. The van der Waals surface area contributed by atoms with Crippen LogP contribution >= 0.6 is 0 Å². The van der Waals surface area contributed by atoms with Crippen LogP contribution in [0.4, 0.5) is 5.69 Å². The minimum Gasteiger partial charge on any atom is -0.334 e. The highest BCUT2D eigenvalue weighted by molar-refractivity contribution is 6.40. The van der Waals surface area contributed by atoms with E-state index in [4.69, 9.17) is 0 Å². The molecule has 2 amide bonds. The highest BCUT2D eigenvalue weighted by Gasteiger charge is 2.28. The van der Waals surface area contributed by atoms with Crippen molar-refractivity contribution in [3.05, 3.63) is 66.2 Å². The fourth-order valence-corrected chi connectivity index (χ4v) is 3.00. The van der Waals surface area contributed by atoms with Crippen LogP contribution in [-0.2, 0) is 16.1 Å². The van der Waals surface area contributed by atoms with Crippen molar-refractivity contribution in [3.63, 3.8) is 0 Å². The van der Waals surface area contributed by atoms with Crippen LogP contribution in [0.25, 0.3) is 0 Å². The van der Waals surface area contributed by atoms with Crippen LogP contribution in [0.3, 0.4) is 0 Å². The zero-order valence-electron chi connectivity index (χ0n) is 13.7. The monoisotopic (exact) mass is 322 g/mol. The lowest BCUT2D eigenvalue weighted by molar-refractivity contribution is -0.145. The normalized spacial score (nSPS) is 14.2. The van der Waals surface area contributed by atoms with Gasteiger partial charge >= 0.3 is 11.8 Å². The summed E-state index contributed by atoms with van der Waals surface area (Å²) in [4.78, 5) is 28.8. The Morgan fingerprint density at radius 3 is 2.04 bits per heavy atom. The number of piperidine rings is 1. The number of para-hydroxylation sites is 1. The number of rotatable bonds is 3. The van der Waals surface area contributed by atoms with Gasteiger partial charge in [0, 0.05) is 18.8 Å². The second-order valence-corrected chi connectivity index (χ2v) is 6.07. The van der Waals surface area contributed by atoms with Gasteiger partial charge in [-0.25, -0.2) is 0 Å². The van der Waals surface area contributed by atoms with Crippen molar-refractivity contribution in [2.45, 2.75) is 25.8 Å². The van der Waals surface area contributed by atoms with Crippen molar-refractivity contribution >= 4 is 17.5 Å². The van der Waals surface area contributed by atoms with E-state index >= 15 is 0 Å². The molecule has 1 heterocycles. The van der Waals surface area contributed by atoms with Gasteiger partial charge in [-0.2, -0.15) is 0 Å². The van der Waals surface area contributed by atoms with Crippen LogP contribution in [0.15, 0.2) is 60.7 Å². The van der Waals surface area contributed by atoms with Crippen LogP contribution in [0.1, 0.15) is 24.8 Å². The summed E-state index contributed by atoms with van der Waals surface area (Å²) in [6.07, 6.45) is 3.08. The van der Waals surface area contributed by atoms with E-state index in [-0.39, 0.29) is 0 Å². The molecule has 0 N–H and O–H groups in total. The summed E-state index contributed by atoms with van der Waals surface area (Å²) in [6, 6.07) is 19.2. The largest absolute Gasteiger partial charge is 0.334 e. The molecule has 0 aliphatic carbocycles. The minimum atomic E-state index is -0.452. The van der Waals surface area contributed by atoms with Gasteiger partial charge in [0.05, 0.1) is 6.54 Å². The van der Waals surface area contributed by atoms with E-state index in [1.54, 1.807) is 9.80 Å². The van der Waals surface area contributed by atoms with Crippen molar-refractivity contribution < 1.29 is 9.59 Å². The summed E-state index contributed by atoms with van der Waals surface area (Å²) < 4.78 is 0. The number of hydrogen-bond donors (Lipinski definition) is 0. The minimum absolute atomic E-state index is 0.392. The van der Waals surface area contributed by atoms with Gasteiger partial charge in [-0.15, -0.1) is 0 Å². The molecular weight excluding hydrogens is 300 g/mol. The summed E-state index contributed by atoms with van der Waals surface area (Å²) in [5, 5.41) is 0. The molecule has 1 aliphatic heterocycles. The molecular formula is C20H22N2O2. The third-order valence-corrected chi connectivity index (χ3v) is 4.32. The first-order valence-corrected chi connectivity index (χ1v) is 8.45. The van der Waals surface area contributed by atoms with Gasteiger partial charge in [0.15, 0.2) is 0 Å². The van der Waals surface area contributed by atoms with Crippen LogP contribution in [-0.4, -0.2) is 29.8 Å². The van der Waals surface area contributed by atoms with E-state index in [1.165, 1.54) is 0 Å². The molecule has 3 rings (SSSR count). The zero-order valence-corrected chi connectivity index (χ0v) is 13.7. The van der Waals surface area contributed by atoms with Crippen LogP contribution < -0.4 is 4.90 Å². The van der Waals surface area contributed by atoms with Gasteiger partial charge in [-0.1, -0.05) is 48.5 Å². The average molecular weight is 322 g/mol. The number of amides is 2. The van der Waals surface area contributed by atoms with Gasteiger partial charge in [0.1, 0.15) is 0 Å². The Labute approximate surface area is 142 Å². The lowest BCUT2D eigenvalue weighted by Crippen LogP contribution is -2.47. The molecule has 0 aromatic heterocycles. The summed E-state index contributed by atoms with van der Waals surface area (Å²) in [5.41, 5.74) is 1.75. The first-order chi connectivity index (χ1) is 11.8. The molecule has 24 heavy (non-hydrogen) atoms. The molecule has 2 aromatic rings. The van der Waals surface area contributed by atoms with Crippen molar-refractivity contribution in [3.8, 4) is 0 Å². The smallest absolute Gasteiger partial charge is 0.316 e. The molecule has 0 unspecified atom stereocenters. The highest BCUT2D eigenvalue weighted by Crippen LogP contribution is 2.19. The number of likely N-dealkylation sites (tertiary alicyclic amines) is 1. The zero-order chi connectivity index (χ0) is 16.8. The Morgan fingerprint density at radius 1 is 0.833 bits per heavy atom. The predicted octanol–water partition coefficient (Wildman–Crippen LogP) is 3.23. The molecule has 0 spiro atoms. The SMILES string of the molecule is O=C(C(=O)N(Cc1ccccc1)c1ccccc1)N1CCCCC1. The Hall–Kier alpha value is -2.62. The maximum absolute atomic E-state index is 12.9. The topological polar surface area (TPSA) is 40.6 Å². The standard InChI is InChI=1S/C20H22N2O2/c23-19(21-14-8-3-9-15-21)20(24)22(18-12-6-2-7-13-18)16-17-10-4-1-5-11-17/h1-2,4-7,10-13H,3,8-9,14-16H2. The van der Waals surface area contributed by atoms with Gasteiger partial charge in [-0.3, -0.25) is 14.5 Å². The van der Waals surface area contributed by atoms with E-state index in [2.05, 4.69) is 0 Å². The Morgan fingerprint density at radius 2 is 1.42 bits per heavy atom. The first-order valence-electron chi connectivity index (χ1n) is 8.45. The molecule has 4 heteroatoms.